The molecule has 130 valence electrons. The second-order valence-corrected chi connectivity index (χ2v) is 6.59. The van der Waals surface area contributed by atoms with Crippen LogP contribution in [-0.2, 0) is 6.54 Å². The number of hydrogen-bond acceptors (Lipinski definition) is 5. The molecule has 1 N–H and O–H groups in total. The lowest BCUT2D eigenvalue weighted by Gasteiger charge is -2.13. The molecule has 0 spiro atoms. The fourth-order valence-corrected chi connectivity index (χ4v) is 3.42. The van der Waals surface area contributed by atoms with Crippen molar-refractivity contribution in [3.8, 4) is 22.1 Å². The number of ether oxygens (including phenoxy) is 2. The normalized spacial score (nSPS) is 12.0. The Kier molecular flexibility index (Phi) is 5.68. The van der Waals surface area contributed by atoms with Crippen LogP contribution < -0.4 is 14.8 Å². The van der Waals surface area contributed by atoms with Crippen molar-refractivity contribution in [3.63, 3.8) is 0 Å². The van der Waals surface area contributed by atoms with Gasteiger partial charge in [0.05, 0.1) is 19.9 Å². The van der Waals surface area contributed by atoms with E-state index in [1.807, 2.05) is 24.3 Å². The zero-order valence-corrected chi connectivity index (χ0v) is 15.5. The van der Waals surface area contributed by atoms with E-state index in [0.717, 1.165) is 28.6 Å². The molecule has 0 aliphatic heterocycles. The smallest absolute Gasteiger partial charge is 0.161 e. The largest absolute Gasteiger partial charge is 0.493 e. The van der Waals surface area contributed by atoms with E-state index in [1.165, 1.54) is 5.56 Å². The predicted molar refractivity (Wildman–Crippen MR) is 102 cm³/mol. The maximum atomic E-state index is 5.37. The quantitative estimate of drug-likeness (QED) is 0.669. The monoisotopic (exact) mass is 354 g/mol. The third-order valence-corrected chi connectivity index (χ3v) is 5.01. The van der Waals surface area contributed by atoms with Crippen molar-refractivity contribution in [2.45, 2.75) is 19.5 Å². The van der Waals surface area contributed by atoms with Crippen LogP contribution in [0.2, 0.25) is 0 Å². The van der Waals surface area contributed by atoms with E-state index in [2.05, 4.69) is 41.9 Å². The molecule has 4 nitrogen and oxygen atoms in total. The Morgan fingerprint density at radius 1 is 1.04 bits per heavy atom. The van der Waals surface area contributed by atoms with E-state index in [4.69, 9.17) is 14.5 Å². The first kappa shape index (κ1) is 17.5. The molecule has 0 saturated carbocycles. The van der Waals surface area contributed by atoms with Crippen LogP contribution in [0.15, 0.2) is 53.9 Å². The highest BCUT2D eigenvalue weighted by atomic mass is 32.1. The average molecular weight is 354 g/mol. The molecular formula is C20H22N2O2S. The van der Waals surface area contributed by atoms with Gasteiger partial charge in [-0.25, -0.2) is 4.98 Å². The van der Waals surface area contributed by atoms with Gasteiger partial charge in [-0.05, 0) is 30.7 Å². The number of aromatic nitrogens is 1. The molecule has 25 heavy (non-hydrogen) atoms. The standard InChI is InChI=1S/C20H22N2O2S/c1-14(15-7-5-4-6-8-15)21-12-17-13-25-20(22-17)16-9-10-18(23-2)19(11-16)24-3/h4-11,13-14,21H,12H2,1-3H3/t14-/m0/s1. The molecule has 0 saturated heterocycles. The van der Waals surface area contributed by atoms with Gasteiger partial charge in [-0.1, -0.05) is 30.3 Å². The van der Waals surface area contributed by atoms with Crippen LogP contribution >= 0.6 is 11.3 Å². The maximum absolute atomic E-state index is 5.37. The van der Waals surface area contributed by atoms with Crippen LogP contribution in [0.25, 0.3) is 10.6 Å². The second kappa shape index (κ2) is 8.14. The van der Waals surface area contributed by atoms with Gasteiger partial charge in [-0.15, -0.1) is 11.3 Å². The number of hydrogen-bond donors (Lipinski definition) is 1. The summed E-state index contributed by atoms with van der Waals surface area (Å²) in [5.41, 5.74) is 3.35. The van der Waals surface area contributed by atoms with Crippen molar-refractivity contribution in [1.82, 2.24) is 10.3 Å². The molecule has 0 bridgehead atoms. The van der Waals surface area contributed by atoms with Gasteiger partial charge in [0, 0.05) is 23.5 Å². The molecular weight excluding hydrogens is 332 g/mol. The summed E-state index contributed by atoms with van der Waals surface area (Å²) in [6, 6.07) is 16.6. The van der Waals surface area contributed by atoms with E-state index in [-0.39, 0.29) is 6.04 Å². The molecule has 1 heterocycles. The maximum Gasteiger partial charge on any atom is 0.161 e. The molecule has 3 rings (SSSR count). The summed E-state index contributed by atoms with van der Waals surface area (Å²) in [5, 5.41) is 6.59. The van der Waals surface area contributed by atoms with Gasteiger partial charge in [-0.3, -0.25) is 0 Å². The van der Waals surface area contributed by atoms with Crippen LogP contribution in [0.5, 0.6) is 11.5 Å². The zero-order chi connectivity index (χ0) is 17.6. The van der Waals surface area contributed by atoms with Crippen LogP contribution in [-0.4, -0.2) is 19.2 Å². The van der Waals surface area contributed by atoms with Crippen LogP contribution in [0.4, 0.5) is 0 Å². The lowest BCUT2D eigenvalue weighted by atomic mass is 10.1. The summed E-state index contributed by atoms with van der Waals surface area (Å²) in [6.07, 6.45) is 0. The molecule has 0 amide bonds. The Morgan fingerprint density at radius 3 is 2.52 bits per heavy atom. The minimum absolute atomic E-state index is 0.285. The first-order valence-electron chi connectivity index (χ1n) is 8.16. The van der Waals surface area contributed by atoms with E-state index < -0.39 is 0 Å². The molecule has 1 aromatic heterocycles. The lowest BCUT2D eigenvalue weighted by molar-refractivity contribution is 0.355. The summed E-state index contributed by atoms with van der Waals surface area (Å²) in [5.74, 6) is 1.44. The van der Waals surface area contributed by atoms with Gasteiger partial charge in [-0.2, -0.15) is 0 Å². The third-order valence-electron chi connectivity index (χ3n) is 4.07. The number of nitrogens with one attached hydrogen (secondary N) is 1. The first-order valence-corrected chi connectivity index (χ1v) is 9.04. The van der Waals surface area contributed by atoms with Crippen LogP contribution in [0, 0.1) is 0 Å². The molecule has 5 heteroatoms. The van der Waals surface area contributed by atoms with Crippen molar-refractivity contribution < 1.29 is 9.47 Å². The average Bonchev–Trinajstić information content (AvgIpc) is 3.15. The van der Waals surface area contributed by atoms with E-state index in [0.29, 0.717) is 5.75 Å². The molecule has 0 unspecified atom stereocenters. The van der Waals surface area contributed by atoms with E-state index >= 15 is 0 Å². The van der Waals surface area contributed by atoms with E-state index in [1.54, 1.807) is 25.6 Å². The number of benzene rings is 2. The van der Waals surface area contributed by atoms with Crippen LogP contribution in [0.3, 0.4) is 0 Å². The number of rotatable bonds is 7. The number of nitrogens with zero attached hydrogens (tertiary/aromatic N) is 1. The van der Waals surface area contributed by atoms with Gasteiger partial charge in [0.1, 0.15) is 5.01 Å². The van der Waals surface area contributed by atoms with Crippen molar-refractivity contribution in [1.29, 1.82) is 0 Å². The van der Waals surface area contributed by atoms with Crippen molar-refractivity contribution in [3.05, 3.63) is 65.2 Å². The summed E-state index contributed by atoms with van der Waals surface area (Å²) in [4.78, 5) is 4.74. The predicted octanol–water partition coefficient (Wildman–Crippen LogP) is 4.68. The fraction of sp³-hybridized carbons (Fsp3) is 0.250. The van der Waals surface area contributed by atoms with E-state index in [9.17, 15) is 0 Å². The highest BCUT2D eigenvalue weighted by Gasteiger charge is 2.10. The van der Waals surface area contributed by atoms with Gasteiger partial charge >= 0.3 is 0 Å². The topological polar surface area (TPSA) is 43.4 Å². The molecule has 1 atom stereocenters. The van der Waals surface area contributed by atoms with Crippen LogP contribution in [0.1, 0.15) is 24.2 Å². The Morgan fingerprint density at radius 2 is 1.80 bits per heavy atom. The van der Waals surface area contributed by atoms with Gasteiger partial charge in [0.2, 0.25) is 0 Å². The molecule has 0 aliphatic carbocycles. The van der Waals surface area contributed by atoms with Gasteiger partial charge < -0.3 is 14.8 Å². The summed E-state index contributed by atoms with van der Waals surface area (Å²) in [7, 11) is 3.28. The van der Waals surface area contributed by atoms with Gasteiger partial charge in [0.15, 0.2) is 11.5 Å². The molecule has 0 radical (unpaired) electrons. The first-order chi connectivity index (χ1) is 12.2. The Bertz CT molecular complexity index is 818. The number of thiazole rings is 1. The number of methoxy groups -OCH3 is 2. The second-order valence-electron chi connectivity index (χ2n) is 5.73. The minimum Gasteiger partial charge on any atom is -0.493 e. The summed E-state index contributed by atoms with van der Waals surface area (Å²) < 4.78 is 10.7. The molecule has 3 aromatic rings. The minimum atomic E-state index is 0.285. The van der Waals surface area contributed by atoms with Crippen molar-refractivity contribution in [2.24, 2.45) is 0 Å². The highest BCUT2D eigenvalue weighted by molar-refractivity contribution is 7.13. The molecule has 0 aliphatic rings. The summed E-state index contributed by atoms with van der Waals surface area (Å²) in [6.45, 7) is 2.90. The Labute approximate surface area is 152 Å². The zero-order valence-electron chi connectivity index (χ0n) is 14.7. The molecule has 2 aromatic carbocycles. The SMILES string of the molecule is COc1ccc(-c2nc(CN[C@@H](C)c3ccccc3)cs2)cc1OC. The highest BCUT2D eigenvalue weighted by Crippen LogP contribution is 2.33. The van der Waals surface area contributed by atoms with Crippen molar-refractivity contribution in [2.75, 3.05) is 14.2 Å². The Hall–Kier alpha value is -2.37. The Balaban J connectivity index is 1.68. The van der Waals surface area contributed by atoms with Crippen molar-refractivity contribution >= 4 is 11.3 Å². The summed E-state index contributed by atoms with van der Waals surface area (Å²) >= 11 is 1.64. The third kappa shape index (κ3) is 4.18. The van der Waals surface area contributed by atoms with Gasteiger partial charge in [0.25, 0.3) is 0 Å². The fourth-order valence-electron chi connectivity index (χ4n) is 2.61. The molecule has 0 fully saturated rings. The lowest BCUT2D eigenvalue weighted by Crippen LogP contribution is -2.18.